The molecule has 4 rings (SSSR count). The summed E-state index contributed by atoms with van der Waals surface area (Å²) in [6.45, 7) is 1.02. The number of carbonyl (C=O) groups excluding carboxylic acids is 1. The molecule has 1 N–H and O–H groups in total. The van der Waals surface area contributed by atoms with E-state index in [0.29, 0.717) is 42.0 Å². The molecule has 3 aromatic heterocycles. The molecule has 1 saturated heterocycles. The Kier molecular flexibility index (Phi) is 4.57. The molecule has 1 amide bonds. The number of hydrogen-bond donors (Lipinski definition) is 1. The zero-order valence-corrected chi connectivity index (χ0v) is 14.6. The van der Waals surface area contributed by atoms with Gasteiger partial charge in [0.1, 0.15) is 5.82 Å². The van der Waals surface area contributed by atoms with Crippen molar-refractivity contribution >= 4 is 23.1 Å². The summed E-state index contributed by atoms with van der Waals surface area (Å²) < 4.78 is 39.8. The van der Waals surface area contributed by atoms with Crippen LogP contribution in [0.25, 0.3) is 5.65 Å². The maximum atomic E-state index is 13.0. The Labute approximate surface area is 157 Å². The quantitative estimate of drug-likeness (QED) is 0.738. The van der Waals surface area contributed by atoms with Gasteiger partial charge in [0.05, 0.1) is 0 Å². The van der Waals surface area contributed by atoms with Crippen LogP contribution in [0.3, 0.4) is 0 Å². The average Bonchev–Trinajstić information content (AvgIpc) is 3.12. The van der Waals surface area contributed by atoms with Crippen LogP contribution in [0.4, 0.5) is 24.7 Å². The number of halogens is 3. The third-order valence-corrected chi connectivity index (χ3v) is 4.64. The summed E-state index contributed by atoms with van der Waals surface area (Å²) in [5.74, 6) is -1.01. The van der Waals surface area contributed by atoms with Gasteiger partial charge in [0, 0.05) is 37.1 Å². The number of carbonyl (C=O) groups is 1. The zero-order chi connectivity index (χ0) is 19.7. The number of nitrogens with zero attached hydrogens (tertiary/aromatic N) is 6. The topological polar surface area (TPSA) is 88.3 Å². The SMILES string of the molecule is O=C(Nc1ccncc1)C1CCN(c2ccc3nnc(C(F)(F)F)n3n2)CC1. The monoisotopic (exact) mass is 391 g/mol. The van der Waals surface area contributed by atoms with Crippen molar-refractivity contribution in [1.29, 1.82) is 0 Å². The van der Waals surface area contributed by atoms with E-state index in [2.05, 4.69) is 25.6 Å². The molecule has 0 bridgehead atoms. The summed E-state index contributed by atoms with van der Waals surface area (Å²) >= 11 is 0. The summed E-state index contributed by atoms with van der Waals surface area (Å²) in [7, 11) is 0. The van der Waals surface area contributed by atoms with E-state index in [0.717, 1.165) is 0 Å². The van der Waals surface area contributed by atoms with Crippen LogP contribution in [-0.4, -0.2) is 43.8 Å². The summed E-state index contributed by atoms with van der Waals surface area (Å²) in [6.07, 6.45) is -0.292. The van der Waals surface area contributed by atoms with Crippen molar-refractivity contribution in [1.82, 2.24) is 24.8 Å². The molecule has 0 radical (unpaired) electrons. The second-order valence-corrected chi connectivity index (χ2v) is 6.47. The highest BCUT2D eigenvalue weighted by Gasteiger charge is 2.38. The largest absolute Gasteiger partial charge is 0.453 e. The van der Waals surface area contributed by atoms with Crippen LogP contribution in [0.15, 0.2) is 36.7 Å². The molecule has 11 heteroatoms. The Bertz CT molecular complexity index is 981. The molecule has 1 aliphatic rings. The van der Waals surface area contributed by atoms with E-state index in [1.165, 1.54) is 6.07 Å². The third-order valence-electron chi connectivity index (χ3n) is 4.64. The number of hydrogen-bond acceptors (Lipinski definition) is 6. The van der Waals surface area contributed by atoms with Crippen LogP contribution in [0.2, 0.25) is 0 Å². The van der Waals surface area contributed by atoms with E-state index in [1.807, 2.05) is 4.90 Å². The Morgan fingerprint density at radius 2 is 1.79 bits per heavy atom. The van der Waals surface area contributed by atoms with Crippen LogP contribution < -0.4 is 10.2 Å². The number of aromatic nitrogens is 5. The molecule has 0 unspecified atom stereocenters. The Morgan fingerprint density at radius 3 is 2.46 bits per heavy atom. The smallest absolute Gasteiger partial charge is 0.355 e. The highest BCUT2D eigenvalue weighted by Crippen LogP contribution is 2.28. The molecule has 0 aromatic carbocycles. The minimum absolute atomic E-state index is 0.0303. The lowest BCUT2D eigenvalue weighted by Gasteiger charge is -2.32. The number of fused-ring (bicyclic) bond motifs is 1. The summed E-state index contributed by atoms with van der Waals surface area (Å²) in [5, 5.41) is 13.6. The zero-order valence-electron chi connectivity index (χ0n) is 14.6. The van der Waals surface area contributed by atoms with Gasteiger partial charge in [0.15, 0.2) is 5.65 Å². The van der Waals surface area contributed by atoms with Crippen molar-refractivity contribution in [3.63, 3.8) is 0 Å². The fourth-order valence-electron chi connectivity index (χ4n) is 3.17. The van der Waals surface area contributed by atoms with Gasteiger partial charge in [-0.15, -0.1) is 15.3 Å². The van der Waals surface area contributed by atoms with E-state index in [9.17, 15) is 18.0 Å². The Morgan fingerprint density at radius 1 is 1.07 bits per heavy atom. The van der Waals surface area contributed by atoms with Crippen LogP contribution in [0.1, 0.15) is 18.7 Å². The van der Waals surface area contributed by atoms with E-state index in [4.69, 9.17) is 0 Å². The van der Waals surface area contributed by atoms with Crippen molar-refractivity contribution in [2.75, 3.05) is 23.3 Å². The molecule has 3 aromatic rings. The Hall–Kier alpha value is -3.24. The molecule has 1 aliphatic heterocycles. The molecule has 146 valence electrons. The van der Waals surface area contributed by atoms with Crippen LogP contribution in [0, 0.1) is 5.92 Å². The Balaban J connectivity index is 1.44. The number of nitrogens with one attached hydrogen (secondary N) is 1. The summed E-state index contributed by atoms with van der Waals surface area (Å²) in [4.78, 5) is 18.2. The first-order chi connectivity index (χ1) is 13.4. The molecule has 4 heterocycles. The standard InChI is InChI=1S/C17H16F3N7O/c18-17(19,20)16-24-23-13-1-2-14(25-27(13)16)26-9-5-11(6-10-26)15(28)22-12-3-7-21-8-4-12/h1-4,7-8,11H,5-6,9-10H2,(H,21,22,28). The second kappa shape index (κ2) is 7.06. The highest BCUT2D eigenvalue weighted by atomic mass is 19.4. The van der Waals surface area contributed by atoms with Gasteiger partial charge in [0.25, 0.3) is 5.82 Å². The third kappa shape index (κ3) is 3.59. The predicted octanol–water partition coefficient (Wildman–Crippen LogP) is 2.39. The molecular formula is C17H16F3N7O. The minimum atomic E-state index is -4.64. The van der Waals surface area contributed by atoms with Crippen LogP contribution in [-0.2, 0) is 11.0 Å². The number of amides is 1. The van der Waals surface area contributed by atoms with E-state index in [-0.39, 0.29) is 17.5 Å². The summed E-state index contributed by atoms with van der Waals surface area (Å²) in [6, 6.07) is 6.49. The first-order valence-corrected chi connectivity index (χ1v) is 8.67. The predicted molar refractivity (Wildman–Crippen MR) is 93.6 cm³/mol. The maximum Gasteiger partial charge on any atom is 0.453 e. The molecule has 0 spiro atoms. The number of rotatable bonds is 3. The van der Waals surface area contributed by atoms with Gasteiger partial charge in [-0.2, -0.15) is 17.7 Å². The molecule has 0 atom stereocenters. The fraction of sp³-hybridized carbons (Fsp3) is 0.353. The van der Waals surface area contributed by atoms with Crippen LogP contribution >= 0.6 is 0 Å². The number of pyridine rings is 1. The van der Waals surface area contributed by atoms with Crippen molar-refractivity contribution < 1.29 is 18.0 Å². The van der Waals surface area contributed by atoms with Gasteiger partial charge >= 0.3 is 6.18 Å². The fourth-order valence-corrected chi connectivity index (χ4v) is 3.17. The molecule has 0 aliphatic carbocycles. The number of piperidine rings is 1. The lowest BCUT2D eigenvalue weighted by molar-refractivity contribution is -0.146. The van der Waals surface area contributed by atoms with Gasteiger partial charge in [-0.1, -0.05) is 0 Å². The van der Waals surface area contributed by atoms with E-state index < -0.39 is 12.0 Å². The normalized spacial score (nSPS) is 15.8. The van der Waals surface area contributed by atoms with E-state index >= 15 is 0 Å². The lowest BCUT2D eigenvalue weighted by Crippen LogP contribution is -2.38. The molecule has 28 heavy (non-hydrogen) atoms. The first-order valence-electron chi connectivity index (χ1n) is 8.67. The van der Waals surface area contributed by atoms with Gasteiger partial charge in [-0.3, -0.25) is 9.78 Å². The van der Waals surface area contributed by atoms with Crippen molar-refractivity contribution in [3.8, 4) is 0 Å². The molecule has 8 nitrogen and oxygen atoms in total. The summed E-state index contributed by atoms with van der Waals surface area (Å²) in [5.41, 5.74) is 0.713. The minimum Gasteiger partial charge on any atom is -0.355 e. The van der Waals surface area contributed by atoms with Gasteiger partial charge in [-0.25, -0.2) is 0 Å². The second-order valence-electron chi connectivity index (χ2n) is 6.47. The van der Waals surface area contributed by atoms with Gasteiger partial charge < -0.3 is 10.2 Å². The first kappa shape index (κ1) is 18.1. The number of alkyl halides is 3. The van der Waals surface area contributed by atoms with E-state index in [1.54, 1.807) is 30.6 Å². The van der Waals surface area contributed by atoms with Crippen molar-refractivity contribution in [3.05, 3.63) is 42.5 Å². The highest BCUT2D eigenvalue weighted by molar-refractivity contribution is 5.92. The van der Waals surface area contributed by atoms with Crippen LogP contribution in [0.5, 0.6) is 0 Å². The molecular weight excluding hydrogens is 375 g/mol. The van der Waals surface area contributed by atoms with Gasteiger partial charge in [-0.05, 0) is 37.1 Å². The lowest BCUT2D eigenvalue weighted by atomic mass is 9.96. The maximum absolute atomic E-state index is 13.0. The molecule has 1 fully saturated rings. The average molecular weight is 391 g/mol. The van der Waals surface area contributed by atoms with Gasteiger partial charge in [0.2, 0.25) is 5.91 Å². The van der Waals surface area contributed by atoms with Crippen molar-refractivity contribution in [2.45, 2.75) is 19.0 Å². The molecule has 0 saturated carbocycles. The van der Waals surface area contributed by atoms with Crippen molar-refractivity contribution in [2.24, 2.45) is 5.92 Å². The number of anilines is 2.